The molecule has 2 saturated heterocycles. The van der Waals surface area contributed by atoms with Crippen molar-refractivity contribution in [1.82, 2.24) is 20.0 Å². The molecule has 2 aromatic carbocycles. The van der Waals surface area contributed by atoms with Crippen molar-refractivity contribution >= 4 is 40.1 Å². The maximum absolute atomic E-state index is 13.9. The molecule has 3 aliphatic heterocycles. The van der Waals surface area contributed by atoms with Crippen LogP contribution in [-0.4, -0.2) is 57.4 Å². The summed E-state index contributed by atoms with van der Waals surface area (Å²) >= 11 is 0. The fraction of sp³-hybridized carbons (Fsp3) is 0.528. The van der Waals surface area contributed by atoms with Gasteiger partial charge in [-0.2, -0.15) is 5.10 Å². The second-order valence-electron chi connectivity index (χ2n) is 15.3. The van der Waals surface area contributed by atoms with Gasteiger partial charge >= 0.3 is 0 Å². The molecule has 8 unspecified atom stereocenters. The van der Waals surface area contributed by atoms with Crippen molar-refractivity contribution in [1.29, 1.82) is 0 Å². The minimum absolute atomic E-state index is 0.0140. The smallest absolute Gasteiger partial charge is 0.259 e. The van der Waals surface area contributed by atoms with Crippen LogP contribution in [0.15, 0.2) is 42.7 Å². The first-order chi connectivity index (χ1) is 21.7. The number of carbonyl (C=O) groups is 4. The summed E-state index contributed by atoms with van der Waals surface area (Å²) in [6, 6.07) is 9.06. The van der Waals surface area contributed by atoms with E-state index < -0.39 is 11.9 Å². The number of likely N-dealkylation sites (tertiary alicyclic amines) is 1. The first-order valence-electron chi connectivity index (χ1n) is 16.8. The molecule has 4 saturated carbocycles. The van der Waals surface area contributed by atoms with E-state index in [1.54, 1.807) is 4.90 Å². The van der Waals surface area contributed by atoms with Crippen LogP contribution < -0.4 is 10.2 Å². The molecular weight excluding hydrogens is 566 g/mol. The minimum Gasteiger partial charge on any atom is -0.342 e. The third-order valence-electron chi connectivity index (χ3n) is 13.7. The van der Waals surface area contributed by atoms with E-state index in [-0.39, 0.29) is 29.2 Å². The maximum Gasteiger partial charge on any atom is 0.259 e. The number of imide groups is 1. The van der Waals surface area contributed by atoms with E-state index in [9.17, 15) is 19.2 Å². The van der Waals surface area contributed by atoms with Crippen molar-refractivity contribution in [3.63, 3.8) is 0 Å². The van der Waals surface area contributed by atoms with Gasteiger partial charge in [-0.25, -0.2) is 0 Å². The van der Waals surface area contributed by atoms with Crippen LogP contribution in [0.5, 0.6) is 0 Å². The Hall–Kier alpha value is -4.01. The summed E-state index contributed by atoms with van der Waals surface area (Å²) in [7, 11) is 0. The van der Waals surface area contributed by atoms with E-state index in [0.717, 1.165) is 71.3 Å². The molecule has 45 heavy (non-hydrogen) atoms. The Morgan fingerprint density at radius 2 is 1.91 bits per heavy atom. The molecule has 0 radical (unpaired) electrons. The number of piperidine rings is 2. The third-order valence-corrected chi connectivity index (χ3v) is 13.7. The van der Waals surface area contributed by atoms with Crippen LogP contribution in [0, 0.1) is 40.9 Å². The Bertz CT molecular complexity index is 1870. The van der Waals surface area contributed by atoms with E-state index in [0.29, 0.717) is 42.1 Å². The standard InChI is InChI=1S/C36H37N5O4/c1-18-28-23-15-24-30(23)31(28)36(18,24)34(45)39-12-10-35(2,11-13-39)40-17-19(16-37-40)14-20-6-7-25-29-21(20)4-3-5-22(29)33(44)41(25)26-8-9-27(42)38-32(26)43/h3-7,16-18,23-24,26,28,30-31H,8-15H2,1-2H3,(H,38,42,43). The second kappa shape index (κ2) is 8.42. The van der Waals surface area contributed by atoms with Crippen LogP contribution in [0.1, 0.15) is 67.4 Å². The van der Waals surface area contributed by atoms with Crippen molar-refractivity contribution in [2.75, 3.05) is 18.0 Å². The van der Waals surface area contributed by atoms with Crippen LogP contribution in [0.25, 0.3) is 10.8 Å². The van der Waals surface area contributed by atoms with Crippen molar-refractivity contribution in [2.45, 2.75) is 64.0 Å². The Morgan fingerprint density at radius 3 is 2.64 bits per heavy atom. The van der Waals surface area contributed by atoms with Gasteiger partial charge in [0.25, 0.3) is 5.91 Å². The first kappa shape index (κ1) is 26.2. The van der Waals surface area contributed by atoms with Gasteiger partial charge in [0.1, 0.15) is 6.04 Å². The fourth-order valence-corrected chi connectivity index (χ4v) is 11.4. The van der Waals surface area contributed by atoms with Gasteiger partial charge in [0.15, 0.2) is 0 Å². The Labute approximate surface area is 261 Å². The van der Waals surface area contributed by atoms with Gasteiger partial charge in [-0.1, -0.05) is 25.1 Å². The molecular formula is C36H37N5O4. The lowest BCUT2D eigenvalue weighted by Crippen LogP contribution is -2.92. The van der Waals surface area contributed by atoms with Crippen LogP contribution in [0.3, 0.4) is 0 Å². The average molecular weight is 604 g/mol. The number of nitrogens with zero attached hydrogens (tertiary/aromatic N) is 4. The zero-order chi connectivity index (χ0) is 30.6. The van der Waals surface area contributed by atoms with Gasteiger partial charge < -0.3 is 4.90 Å². The number of hydrogen-bond acceptors (Lipinski definition) is 5. The fourth-order valence-electron chi connectivity index (χ4n) is 11.4. The molecule has 3 aromatic rings. The van der Waals surface area contributed by atoms with Crippen molar-refractivity contribution in [3.8, 4) is 0 Å². The maximum atomic E-state index is 13.9. The van der Waals surface area contributed by atoms with Crippen LogP contribution in [0.4, 0.5) is 5.69 Å². The highest BCUT2D eigenvalue weighted by Gasteiger charge is 2.91. The molecule has 0 spiro atoms. The number of hydrogen-bond donors (Lipinski definition) is 1. The van der Waals surface area contributed by atoms with Crippen LogP contribution >= 0.6 is 0 Å². The molecule has 230 valence electrons. The summed E-state index contributed by atoms with van der Waals surface area (Å²) in [5, 5.41) is 9.08. The topological polar surface area (TPSA) is 105 Å². The molecule has 4 aliphatic carbocycles. The van der Waals surface area contributed by atoms with E-state index in [4.69, 9.17) is 5.10 Å². The Balaban J connectivity index is 0.870. The van der Waals surface area contributed by atoms with E-state index in [2.05, 4.69) is 34.9 Å². The van der Waals surface area contributed by atoms with Gasteiger partial charge in [0, 0.05) is 43.1 Å². The number of rotatable bonds is 5. The highest BCUT2D eigenvalue weighted by molar-refractivity contribution is 6.27. The quantitative estimate of drug-likeness (QED) is 0.446. The minimum atomic E-state index is -0.694. The normalized spacial score (nSPS) is 36.5. The molecule has 9 heteroatoms. The van der Waals surface area contributed by atoms with Gasteiger partial charge in [0.2, 0.25) is 17.7 Å². The number of amides is 4. The molecule has 1 aromatic heterocycles. The van der Waals surface area contributed by atoms with Crippen molar-refractivity contribution < 1.29 is 19.2 Å². The molecule has 4 amide bonds. The van der Waals surface area contributed by atoms with E-state index >= 15 is 0 Å². The highest BCUT2D eigenvalue weighted by Crippen LogP contribution is 2.92. The molecule has 10 rings (SSSR count). The van der Waals surface area contributed by atoms with Gasteiger partial charge in [0.05, 0.1) is 22.8 Å². The zero-order valence-electron chi connectivity index (χ0n) is 25.7. The Morgan fingerprint density at radius 1 is 1.09 bits per heavy atom. The summed E-state index contributed by atoms with van der Waals surface area (Å²) < 4.78 is 2.11. The van der Waals surface area contributed by atoms with Gasteiger partial charge in [-0.3, -0.25) is 34.1 Å². The lowest BCUT2D eigenvalue weighted by molar-refractivity contribution is -0.442. The van der Waals surface area contributed by atoms with Gasteiger partial charge in [-0.05, 0) is 96.8 Å². The molecule has 6 fully saturated rings. The summed E-state index contributed by atoms with van der Waals surface area (Å²) in [6.07, 6.45) is 8.40. The van der Waals surface area contributed by atoms with Gasteiger partial charge in [-0.15, -0.1) is 0 Å². The molecule has 7 aliphatic rings. The first-order valence-corrected chi connectivity index (χ1v) is 16.8. The third kappa shape index (κ3) is 2.99. The monoisotopic (exact) mass is 603 g/mol. The highest BCUT2D eigenvalue weighted by atomic mass is 16.2. The summed E-state index contributed by atoms with van der Waals surface area (Å²) in [5.74, 6) is 4.18. The average Bonchev–Trinajstić information content (AvgIpc) is 3.62. The second-order valence-corrected chi connectivity index (χ2v) is 15.3. The van der Waals surface area contributed by atoms with Crippen molar-refractivity contribution in [3.05, 3.63) is 59.4 Å². The number of aromatic nitrogens is 2. The summed E-state index contributed by atoms with van der Waals surface area (Å²) in [5.41, 5.74) is 3.36. The lowest BCUT2D eigenvalue weighted by Gasteiger charge is -2.92. The number of anilines is 1. The van der Waals surface area contributed by atoms with E-state index in [1.165, 1.54) is 6.42 Å². The molecule has 1 N–H and O–H groups in total. The molecule has 4 heterocycles. The molecule has 0 bridgehead atoms. The molecule has 9 nitrogen and oxygen atoms in total. The molecule has 8 atom stereocenters. The van der Waals surface area contributed by atoms with Crippen molar-refractivity contribution in [2.24, 2.45) is 40.9 Å². The number of carbonyl (C=O) groups excluding carboxylic acids is 4. The van der Waals surface area contributed by atoms with E-state index in [1.807, 2.05) is 36.5 Å². The zero-order valence-corrected chi connectivity index (χ0v) is 25.7. The SMILES string of the molecule is CC1C2C3CC4C3C2C14C(=O)N1CCC(C)(n2cc(Cc3ccc4c5c(cccc35)C(=O)N4C3CCC(=O)NC3=O)cn2)CC1. The van der Waals surface area contributed by atoms with Crippen LogP contribution in [0.2, 0.25) is 0 Å². The summed E-state index contributed by atoms with van der Waals surface area (Å²) in [6.45, 7) is 6.21. The summed E-state index contributed by atoms with van der Waals surface area (Å²) in [4.78, 5) is 55.6. The lowest BCUT2D eigenvalue weighted by atomic mass is 9.11. The van der Waals surface area contributed by atoms with Crippen LogP contribution in [-0.2, 0) is 26.3 Å². The predicted octanol–water partition coefficient (Wildman–Crippen LogP) is 3.88. The number of benzene rings is 2. The Kier molecular flexibility index (Phi) is 4.91. The largest absolute Gasteiger partial charge is 0.342 e. The number of nitrogens with one attached hydrogen (secondary N) is 1. The predicted molar refractivity (Wildman–Crippen MR) is 165 cm³/mol. The number of fused-ring (bicyclic) bond motifs is 2.